The van der Waals surface area contributed by atoms with Crippen LogP contribution in [0.15, 0.2) is 24.3 Å². The first-order chi connectivity index (χ1) is 10.7. The molecule has 3 rings (SSSR count). The van der Waals surface area contributed by atoms with Crippen LogP contribution in [-0.2, 0) is 4.79 Å². The molecule has 2 aromatic rings. The lowest BCUT2D eigenvalue weighted by Crippen LogP contribution is -2.48. The molecule has 8 heteroatoms. The van der Waals surface area contributed by atoms with Gasteiger partial charge in [0.1, 0.15) is 0 Å². The number of carbonyl (C=O) groups is 2. The van der Waals surface area contributed by atoms with E-state index >= 15 is 0 Å². The van der Waals surface area contributed by atoms with Gasteiger partial charge in [0, 0.05) is 43.9 Å². The van der Waals surface area contributed by atoms with Crippen LogP contribution in [0.3, 0.4) is 0 Å². The number of aromatic nitrogens is 2. The van der Waals surface area contributed by atoms with Crippen molar-refractivity contribution in [2.24, 2.45) is 5.92 Å². The van der Waals surface area contributed by atoms with Crippen molar-refractivity contribution in [1.82, 2.24) is 26.1 Å². The van der Waals surface area contributed by atoms with Gasteiger partial charge in [-0.3, -0.25) is 14.7 Å². The Labute approximate surface area is 140 Å². The van der Waals surface area contributed by atoms with Crippen molar-refractivity contribution in [1.29, 1.82) is 0 Å². The Morgan fingerprint density at radius 3 is 2.74 bits per heavy atom. The van der Waals surface area contributed by atoms with Gasteiger partial charge >= 0.3 is 0 Å². The number of H-pyrrole nitrogens is 1. The minimum Gasteiger partial charge on any atom is -0.356 e. The molecule has 1 aromatic heterocycles. The predicted molar refractivity (Wildman–Crippen MR) is 89.7 cm³/mol. The molecule has 0 unspecified atom stereocenters. The maximum Gasteiger partial charge on any atom is 0.272 e. The zero-order valence-electron chi connectivity index (χ0n) is 12.6. The molecule has 23 heavy (non-hydrogen) atoms. The first-order valence-corrected chi connectivity index (χ1v) is 7.43. The van der Waals surface area contributed by atoms with E-state index in [0.717, 1.165) is 24.0 Å². The van der Waals surface area contributed by atoms with Crippen LogP contribution in [0.25, 0.3) is 10.9 Å². The maximum atomic E-state index is 12.1. The molecule has 124 valence electrons. The number of aromatic amines is 1. The molecule has 1 aliphatic rings. The molecule has 0 aliphatic carbocycles. The van der Waals surface area contributed by atoms with Crippen LogP contribution in [0.1, 0.15) is 16.9 Å². The van der Waals surface area contributed by atoms with E-state index in [9.17, 15) is 9.59 Å². The molecule has 1 aliphatic heterocycles. The summed E-state index contributed by atoms with van der Waals surface area (Å²) in [5, 5.41) is 16.4. The first-order valence-electron chi connectivity index (χ1n) is 7.43. The van der Waals surface area contributed by atoms with Crippen LogP contribution < -0.4 is 16.0 Å². The number of halogens is 1. The Balaban J connectivity index is 0.00000192. The molecule has 0 radical (unpaired) electrons. The highest BCUT2D eigenvalue weighted by Gasteiger charge is 2.17. The summed E-state index contributed by atoms with van der Waals surface area (Å²) < 4.78 is 0. The third-order valence-electron chi connectivity index (χ3n) is 3.78. The summed E-state index contributed by atoms with van der Waals surface area (Å²) in [5.41, 5.74) is 1.18. The summed E-state index contributed by atoms with van der Waals surface area (Å²) in [6.45, 7) is 2.92. The number of para-hydroxylation sites is 1. The van der Waals surface area contributed by atoms with Crippen molar-refractivity contribution in [2.45, 2.75) is 6.42 Å². The molecule has 2 heterocycles. The van der Waals surface area contributed by atoms with Crippen molar-refractivity contribution in [3.8, 4) is 0 Å². The molecule has 0 saturated carbocycles. The molecule has 0 bridgehead atoms. The Hall–Kier alpha value is -2.12. The number of benzene rings is 1. The van der Waals surface area contributed by atoms with Crippen LogP contribution in [0.4, 0.5) is 0 Å². The monoisotopic (exact) mass is 337 g/mol. The summed E-state index contributed by atoms with van der Waals surface area (Å²) in [7, 11) is 0. The third kappa shape index (κ3) is 4.20. The van der Waals surface area contributed by atoms with Gasteiger partial charge in [-0.1, -0.05) is 18.2 Å². The highest BCUT2D eigenvalue weighted by atomic mass is 35.5. The summed E-state index contributed by atoms with van der Waals surface area (Å²) >= 11 is 0. The summed E-state index contributed by atoms with van der Waals surface area (Å²) in [4.78, 5) is 23.8. The van der Waals surface area contributed by atoms with Crippen LogP contribution in [0, 0.1) is 5.92 Å². The Bertz CT molecular complexity index is 683. The van der Waals surface area contributed by atoms with Gasteiger partial charge in [0.15, 0.2) is 5.69 Å². The van der Waals surface area contributed by atoms with Gasteiger partial charge in [-0.05, 0) is 6.07 Å². The van der Waals surface area contributed by atoms with Gasteiger partial charge in [-0.25, -0.2) is 0 Å². The topological polar surface area (TPSA) is 98.9 Å². The van der Waals surface area contributed by atoms with E-state index in [1.807, 2.05) is 24.3 Å². The smallest absolute Gasteiger partial charge is 0.272 e. The fourth-order valence-electron chi connectivity index (χ4n) is 2.35. The normalized spacial score (nSPS) is 13.9. The Morgan fingerprint density at radius 2 is 2.00 bits per heavy atom. The number of rotatable bonds is 6. The van der Waals surface area contributed by atoms with Crippen molar-refractivity contribution in [3.63, 3.8) is 0 Å². The SMILES string of the molecule is Cl.O=C(CCNC(=O)c1n[nH]c2ccccc12)NCC1CNC1. The number of hydrogen-bond donors (Lipinski definition) is 4. The molecule has 1 aromatic carbocycles. The van der Waals surface area contributed by atoms with E-state index < -0.39 is 0 Å². The van der Waals surface area contributed by atoms with E-state index in [1.165, 1.54) is 0 Å². The van der Waals surface area contributed by atoms with Gasteiger partial charge in [0.25, 0.3) is 5.91 Å². The molecule has 0 atom stereocenters. The van der Waals surface area contributed by atoms with Crippen LogP contribution in [-0.4, -0.2) is 48.2 Å². The van der Waals surface area contributed by atoms with Crippen molar-refractivity contribution in [3.05, 3.63) is 30.0 Å². The molecular weight excluding hydrogens is 318 g/mol. The maximum absolute atomic E-state index is 12.1. The van der Waals surface area contributed by atoms with Crippen molar-refractivity contribution >= 4 is 35.1 Å². The minimum absolute atomic E-state index is 0. The number of amides is 2. The van der Waals surface area contributed by atoms with Crippen LogP contribution >= 0.6 is 12.4 Å². The predicted octanol–water partition coefficient (Wildman–Crippen LogP) is 0.440. The van der Waals surface area contributed by atoms with Gasteiger partial charge in [0.2, 0.25) is 5.91 Å². The second-order valence-electron chi connectivity index (χ2n) is 5.45. The Kier molecular flexibility index (Phi) is 5.95. The second kappa shape index (κ2) is 7.94. The molecule has 0 spiro atoms. The number of fused-ring (bicyclic) bond motifs is 1. The van der Waals surface area contributed by atoms with Crippen molar-refractivity contribution in [2.75, 3.05) is 26.2 Å². The van der Waals surface area contributed by atoms with E-state index in [1.54, 1.807) is 0 Å². The largest absolute Gasteiger partial charge is 0.356 e. The van der Waals surface area contributed by atoms with Crippen molar-refractivity contribution < 1.29 is 9.59 Å². The highest BCUT2D eigenvalue weighted by Crippen LogP contribution is 2.14. The quantitative estimate of drug-likeness (QED) is 0.614. The number of nitrogens with zero attached hydrogens (tertiary/aromatic N) is 1. The molecular formula is C15H20ClN5O2. The zero-order valence-corrected chi connectivity index (χ0v) is 13.4. The van der Waals surface area contributed by atoms with Gasteiger partial charge < -0.3 is 16.0 Å². The molecule has 1 fully saturated rings. The summed E-state index contributed by atoms with van der Waals surface area (Å²) in [5.74, 6) is 0.224. The van der Waals surface area contributed by atoms with Gasteiger partial charge in [-0.2, -0.15) is 5.10 Å². The van der Waals surface area contributed by atoms with E-state index in [-0.39, 0.29) is 30.6 Å². The van der Waals surface area contributed by atoms with E-state index in [0.29, 0.717) is 24.7 Å². The van der Waals surface area contributed by atoms with E-state index in [4.69, 9.17) is 0 Å². The molecule has 7 nitrogen and oxygen atoms in total. The number of nitrogens with one attached hydrogen (secondary N) is 4. The average molecular weight is 338 g/mol. The standard InChI is InChI=1S/C15H19N5O2.ClH/c21-13(18-9-10-7-16-8-10)5-6-17-15(22)14-11-3-1-2-4-12(11)19-20-14;/h1-4,10,16H,5-9H2,(H,17,22)(H,18,21)(H,19,20);1H. The summed E-state index contributed by atoms with van der Waals surface area (Å²) in [6.07, 6.45) is 0.272. The first kappa shape index (κ1) is 17.2. The lowest BCUT2D eigenvalue weighted by atomic mass is 10.0. The third-order valence-corrected chi connectivity index (χ3v) is 3.78. The summed E-state index contributed by atoms with van der Waals surface area (Å²) in [6, 6.07) is 7.44. The second-order valence-corrected chi connectivity index (χ2v) is 5.45. The van der Waals surface area contributed by atoms with Gasteiger partial charge in [0.05, 0.1) is 5.52 Å². The lowest BCUT2D eigenvalue weighted by Gasteiger charge is -2.27. The molecule has 2 amide bonds. The number of carbonyl (C=O) groups excluding carboxylic acids is 2. The van der Waals surface area contributed by atoms with Gasteiger partial charge in [-0.15, -0.1) is 12.4 Å². The number of hydrogen-bond acceptors (Lipinski definition) is 4. The average Bonchev–Trinajstić information content (AvgIpc) is 2.89. The highest BCUT2D eigenvalue weighted by molar-refractivity contribution is 6.04. The fourth-order valence-corrected chi connectivity index (χ4v) is 2.35. The lowest BCUT2D eigenvalue weighted by molar-refractivity contribution is -0.121. The van der Waals surface area contributed by atoms with E-state index in [2.05, 4.69) is 26.1 Å². The molecule has 1 saturated heterocycles. The zero-order chi connectivity index (χ0) is 15.4. The minimum atomic E-state index is -0.270. The molecule has 4 N–H and O–H groups in total. The fraction of sp³-hybridized carbons (Fsp3) is 0.400. The Morgan fingerprint density at radius 1 is 1.22 bits per heavy atom. The van der Waals surface area contributed by atoms with Crippen LogP contribution in [0.2, 0.25) is 0 Å². The van der Waals surface area contributed by atoms with Crippen LogP contribution in [0.5, 0.6) is 0 Å².